The molecule has 0 bridgehead atoms. The van der Waals surface area contributed by atoms with E-state index in [2.05, 4.69) is 0 Å². The molecule has 0 spiro atoms. The van der Waals surface area contributed by atoms with Gasteiger partial charge in [0.15, 0.2) is 11.5 Å². The third kappa shape index (κ3) is 3.57. The monoisotopic (exact) mass is 343 g/mol. The Labute approximate surface area is 135 Å². The summed E-state index contributed by atoms with van der Waals surface area (Å²) in [5.41, 5.74) is 3.70. The lowest BCUT2D eigenvalue weighted by Gasteiger charge is -2.35. The summed E-state index contributed by atoms with van der Waals surface area (Å²) >= 11 is 0. The number of nitrogens with zero attached hydrogens (tertiary/aromatic N) is 1. The van der Waals surface area contributed by atoms with Crippen LogP contribution in [0.4, 0.5) is 0 Å². The number of rotatable bonds is 5. The first-order valence-electron chi connectivity index (χ1n) is 7.02. The van der Waals surface area contributed by atoms with Gasteiger partial charge in [0.2, 0.25) is 15.9 Å². The summed E-state index contributed by atoms with van der Waals surface area (Å²) < 4.78 is 36.0. The Bertz CT molecular complexity index is 705. The Morgan fingerprint density at radius 2 is 1.96 bits per heavy atom. The van der Waals surface area contributed by atoms with E-state index in [1.54, 1.807) is 6.07 Å². The molecule has 0 aromatic heterocycles. The van der Waals surface area contributed by atoms with Crippen LogP contribution in [0.3, 0.4) is 0 Å². The van der Waals surface area contributed by atoms with Gasteiger partial charge in [-0.1, -0.05) is 0 Å². The molecule has 3 N–H and O–H groups in total. The summed E-state index contributed by atoms with van der Waals surface area (Å²) in [6, 6.07) is 2.92. The fraction of sp³-hybridized carbons (Fsp3) is 0.500. The van der Waals surface area contributed by atoms with Crippen LogP contribution in [0.5, 0.6) is 11.5 Å². The molecule has 0 saturated heterocycles. The Balaban J connectivity index is 2.55. The topological polar surface area (TPSA) is 111 Å². The van der Waals surface area contributed by atoms with Crippen LogP contribution >= 0.6 is 0 Å². The van der Waals surface area contributed by atoms with Crippen LogP contribution in [0, 0.1) is 0 Å². The van der Waals surface area contributed by atoms with Gasteiger partial charge in [0.25, 0.3) is 0 Å². The maximum atomic E-state index is 12.1. The number of carbonyl (C=O) groups excluding carboxylic acids is 1. The fourth-order valence-electron chi connectivity index (χ4n) is 2.85. The molecule has 0 fully saturated rings. The number of hydrogen-bond acceptors (Lipinski definition) is 6. The van der Waals surface area contributed by atoms with Crippen molar-refractivity contribution in [1.82, 2.24) is 9.73 Å². The smallest absolute Gasteiger partial charge is 0.235 e. The van der Waals surface area contributed by atoms with Crippen molar-refractivity contribution in [3.05, 3.63) is 23.3 Å². The highest BCUT2D eigenvalue weighted by Crippen LogP contribution is 2.40. The maximum absolute atomic E-state index is 12.1. The summed E-state index contributed by atoms with van der Waals surface area (Å²) in [6.07, 6.45) is 1.60. The molecule has 8 nitrogen and oxygen atoms in total. The molecule has 1 amide bonds. The molecular weight excluding hydrogens is 322 g/mol. The first-order chi connectivity index (χ1) is 10.8. The van der Waals surface area contributed by atoms with E-state index in [-0.39, 0.29) is 6.42 Å². The zero-order chi connectivity index (χ0) is 17.2. The van der Waals surface area contributed by atoms with Gasteiger partial charge in [-0.2, -0.15) is 4.31 Å². The highest BCUT2D eigenvalue weighted by atomic mass is 32.2. The number of sulfonamides is 1. The van der Waals surface area contributed by atoms with Crippen LogP contribution < -0.4 is 20.7 Å². The number of fused-ring (bicyclic) bond motifs is 1. The minimum Gasteiger partial charge on any atom is -0.493 e. The molecule has 9 heteroatoms. The predicted octanol–water partition coefficient (Wildman–Crippen LogP) is -0.0574. The number of hydrazine groups is 1. The Kier molecular flexibility index (Phi) is 5.12. The van der Waals surface area contributed by atoms with E-state index < -0.39 is 22.0 Å². The second-order valence-electron chi connectivity index (χ2n) is 5.32. The molecule has 2 rings (SSSR count). The number of carbonyl (C=O) groups is 1. The number of hydrogen-bond donors (Lipinski definition) is 2. The molecule has 1 aromatic rings. The first-order valence-corrected chi connectivity index (χ1v) is 8.87. The SMILES string of the molecule is COc1cc2c(cc1OC)C(CC(=O)NN)N(S(C)(=O)=O)CC2. The normalized spacial score (nSPS) is 18.2. The summed E-state index contributed by atoms with van der Waals surface area (Å²) in [5.74, 6) is 5.77. The van der Waals surface area contributed by atoms with E-state index in [1.165, 1.54) is 18.5 Å². The van der Waals surface area contributed by atoms with Crippen molar-refractivity contribution in [1.29, 1.82) is 0 Å². The second kappa shape index (κ2) is 6.73. The van der Waals surface area contributed by atoms with Gasteiger partial charge >= 0.3 is 0 Å². The van der Waals surface area contributed by atoms with E-state index in [9.17, 15) is 13.2 Å². The van der Waals surface area contributed by atoms with Gasteiger partial charge in [-0.25, -0.2) is 14.3 Å². The summed E-state index contributed by atoms with van der Waals surface area (Å²) in [4.78, 5) is 11.7. The summed E-state index contributed by atoms with van der Waals surface area (Å²) in [5, 5.41) is 0. The molecule has 1 unspecified atom stereocenters. The maximum Gasteiger partial charge on any atom is 0.235 e. The van der Waals surface area contributed by atoms with Crippen molar-refractivity contribution in [2.75, 3.05) is 27.0 Å². The second-order valence-corrected chi connectivity index (χ2v) is 7.25. The van der Waals surface area contributed by atoms with Crippen molar-refractivity contribution in [3.8, 4) is 11.5 Å². The Morgan fingerprint density at radius 1 is 1.35 bits per heavy atom. The molecule has 0 saturated carbocycles. The number of ether oxygens (including phenoxy) is 2. The van der Waals surface area contributed by atoms with Crippen molar-refractivity contribution < 1.29 is 22.7 Å². The largest absolute Gasteiger partial charge is 0.493 e. The molecule has 1 aliphatic rings. The van der Waals surface area contributed by atoms with Crippen molar-refractivity contribution >= 4 is 15.9 Å². The van der Waals surface area contributed by atoms with Gasteiger partial charge < -0.3 is 9.47 Å². The van der Waals surface area contributed by atoms with Crippen LogP contribution in [-0.4, -0.2) is 45.7 Å². The molecule has 1 heterocycles. The quantitative estimate of drug-likeness (QED) is 0.440. The van der Waals surface area contributed by atoms with Gasteiger partial charge in [-0.15, -0.1) is 0 Å². The predicted molar refractivity (Wildman–Crippen MR) is 84.5 cm³/mol. The molecule has 128 valence electrons. The van der Waals surface area contributed by atoms with E-state index in [0.717, 1.165) is 17.4 Å². The minimum atomic E-state index is -3.47. The zero-order valence-electron chi connectivity index (χ0n) is 13.3. The first kappa shape index (κ1) is 17.5. The van der Waals surface area contributed by atoms with Crippen molar-refractivity contribution in [3.63, 3.8) is 0 Å². The van der Waals surface area contributed by atoms with Crippen LogP contribution in [0.25, 0.3) is 0 Å². The highest BCUT2D eigenvalue weighted by molar-refractivity contribution is 7.88. The van der Waals surface area contributed by atoms with Crippen LogP contribution in [0.15, 0.2) is 12.1 Å². The molecule has 1 aliphatic heterocycles. The number of nitrogens with one attached hydrogen (secondary N) is 1. The van der Waals surface area contributed by atoms with Crippen LogP contribution in [-0.2, 0) is 21.2 Å². The van der Waals surface area contributed by atoms with Gasteiger partial charge in [0.05, 0.1) is 26.5 Å². The third-order valence-electron chi connectivity index (χ3n) is 3.92. The molecular formula is C14H21N3O5S. The highest BCUT2D eigenvalue weighted by Gasteiger charge is 2.35. The number of nitrogens with two attached hydrogens (primary N) is 1. The molecule has 0 radical (unpaired) electrons. The van der Waals surface area contributed by atoms with E-state index in [0.29, 0.717) is 24.5 Å². The molecule has 0 aliphatic carbocycles. The Hall–Kier alpha value is -1.84. The van der Waals surface area contributed by atoms with Crippen LogP contribution in [0.2, 0.25) is 0 Å². The van der Waals surface area contributed by atoms with Crippen molar-refractivity contribution in [2.45, 2.75) is 18.9 Å². The lowest BCUT2D eigenvalue weighted by atomic mass is 9.91. The lowest BCUT2D eigenvalue weighted by molar-refractivity contribution is -0.122. The fourth-order valence-corrected chi connectivity index (χ4v) is 3.92. The summed E-state index contributed by atoms with van der Waals surface area (Å²) in [6.45, 7) is 0.295. The van der Waals surface area contributed by atoms with E-state index in [1.807, 2.05) is 11.5 Å². The number of amides is 1. The Morgan fingerprint density at radius 3 is 2.48 bits per heavy atom. The van der Waals surface area contributed by atoms with E-state index in [4.69, 9.17) is 15.3 Å². The lowest BCUT2D eigenvalue weighted by Crippen LogP contribution is -2.42. The van der Waals surface area contributed by atoms with E-state index >= 15 is 0 Å². The number of methoxy groups -OCH3 is 2. The average molecular weight is 343 g/mol. The summed E-state index contributed by atoms with van der Waals surface area (Å²) in [7, 11) is -0.426. The average Bonchev–Trinajstić information content (AvgIpc) is 2.52. The van der Waals surface area contributed by atoms with Crippen LogP contribution in [0.1, 0.15) is 23.6 Å². The number of benzene rings is 1. The molecule has 1 atom stereocenters. The third-order valence-corrected chi connectivity index (χ3v) is 5.21. The molecule has 23 heavy (non-hydrogen) atoms. The molecule has 1 aromatic carbocycles. The van der Waals surface area contributed by atoms with Gasteiger partial charge in [-0.3, -0.25) is 10.2 Å². The standard InChI is InChI=1S/C14H21N3O5S/c1-21-12-6-9-4-5-17(23(3,19)20)11(8-14(18)16-15)10(9)7-13(12)22-2/h6-7,11H,4-5,8,15H2,1-3H3,(H,16,18). The van der Waals surface area contributed by atoms with Gasteiger partial charge in [0.1, 0.15) is 0 Å². The van der Waals surface area contributed by atoms with Crippen molar-refractivity contribution in [2.24, 2.45) is 5.84 Å². The minimum absolute atomic E-state index is 0.0634. The zero-order valence-corrected chi connectivity index (χ0v) is 14.1. The van der Waals surface area contributed by atoms with Gasteiger partial charge in [-0.05, 0) is 29.7 Å². The van der Waals surface area contributed by atoms with Gasteiger partial charge in [0, 0.05) is 13.0 Å².